The van der Waals surface area contributed by atoms with E-state index >= 15 is 0 Å². The lowest BCUT2D eigenvalue weighted by Gasteiger charge is -2.19. The number of nitrogens with two attached hydrogens (primary N) is 1. The monoisotopic (exact) mass is 768 g/mol. The number of H-pyrrole nitrogens is 1. The van der Waals surface area contributed by atoms with Crippen molar-refractivity contribution in [3.63, 3.8) is 0 Å². The number of hydrogen-bond acceptors (Lipinski definition) is 12. The Labute approximate surface area is 325 Å². The largest absolute Gasteiger partial charge is 0.494 e. The predicted molar refractivity (Wildman–Crippen MR) is 222 cm³/mol. The van der Waals surface area contributed by atoms with Crippen molar-refractivity contribution in [1.29, 1.82) is 0 Å². The van der Waals surface area contributed by atoms with Crippen LogP contribution in [0.25, 0.3) is 10.9 Å². The molecule has 15 heteroatoms. The molecular weight excluding hydrogens is 704 g/mol. The third-order valence-corrected chi connectivity index (χ3v) is 7.48. The zero-order valence-electron chi connectivity index (χ0n) is 34.1. The highest BCUT2D eigenvalue weighted by Crippen LogP contribution is 2.27. The van der Waals surface area contributed by atoms with Gasteiger partial charge >= 0.3 is 0 Å². The van der Waals surface area contributed by atoms with E-state index in [1.807, 2.05) is 66.1 Å². The summed E-state index contributed by atoms with van der Waals surface area (Å²) in [6.45, 7) is 13.5. The van der Waals surface area contributed by atoms with Gasteiger partial charge < -0.3 is 55.9 Å². The summed E-state index contributed by atoms with van der Waals surface area (Å²) in [7, 11) is 6.34. The van der Waals surface area contributed by atoms with Crippen molar-refractivity contribution in [3.05, 3.63) is 81.4 Å². The fourth-order valence-electron chi connectivity index (χ4n) is 5.00. The van der Waals surface area contributed by atoms with Crippen LogP contribution < -0.4 is 37.2 Å². The molecule has 4 aromatic rings. The molecule has 0 saturated heterocycles. The second kappa shape index (κ2) is 30.3. The van der Waals surface area contributed by atoms with Crippen molar-refractivity contribution < 1.29 is 29.0 Å². The first-order chi connectivity index (χ1) is 26.6. The number of benzene rings is 2. The Morgan fingerprint density at radius 2 is 1.80 bits per heavy atom. The van der Waals surface area contributed by atoms with Gasteiger partial charge in [0.25, 0.3) is 0 Å². The van der Waals surface area contributed by atoms with Gasteiger partial charge in [-0.15, -0.1) is 0 Å². The maximum Gasteiger partial charge on any atom is 0.220 e. The van der Waals surface area contributed by atoms with Crippen molar-refractivity contribution in [3.8, 4) is 5.75 Å². The molecule has 0 aliphatic rings. The number of imidazole rings is 1. The zero-order valence-corrected chi connectivity index (χ0v) is 34.1. The number of anilines is 2. The fraction of sp³-hybridized carbons (Fsp3) is 0.475. The number of pyridine rings is 1. The first-order valence-electron chi connectivity index (χ1n) is 18.4. The number of carbonyl (C=O) groups is 3. The van der Waals surface area contributed by atoms with Gasteiger partial charge in [-0.1, -0.05) is 26.8 Å². The van der Waals surface area contributed by atoms with Crippen LogP contribution in [-0.2, 0) is 27.9 Å². The Hall–Kier alpha value is -5.09. The number of nitrogens with zero attached hydrogens (tertiary/aromatic N) is 2. The number of aldehydes is 2. The number of aliphatic hydroxyl groups is 1. The molecule has 0 bridgehead atoms. The lowest BCUT2D eigenvalue weighted by Crippen LogP contribution is -2.32. The number of nitrogens with one attached hydrogen (secondary N) is 5. The summed E-state index contributed by atoms with van der Waals surface area (Å²) in [4.78, 5) is 52.6. The number of carbonyl (C=O) groups excluding carboxylic acids is 3. The molecule has 0 saturated carbocycles. The topological polar surface area (TPSA) is 215 Å². The standard InChI is InChI=1S/C18H30N4O3.C15H14N4O2.C4H10O.C2H6.CH4O/c1-13-9-16(25-8-4-5-17(24)21-7-6-19)10-14(2)18(13)22-15(12-23)11-20-3;1-19-8-11(9-20)14(21)12-3-2-10(6-13(12)19)7-18-15-16-4-5-17-15;1-3-4-5-2;2*1-2/h9-10,12,15,20,22H,4-8,11,19H2,1-3H3,(H,21,24);2-6,8-9H,7H2,1H3,(H2,16,17,18);3-4H2,1-2H3;1-2H3;2H,1H3. The number of likely N-dealkylation sites (N-methyl/N-ethyl adjacent to an activating group) is 1. The zero-order chi connectivity index (χ0) is 41.6. The van der Waals surface area contributed by atoms with Crippen molar-refractivity contribution in [2.45, 2.75) is 66.5 Å². The van der Waals surface area contributed by atoms with E-state index in [4.69, 9.17) is 20.3 Å². The molecule has 0 fully saturated rings. The molecule has 0 radical (unpaired) electrons. The van der Waals surface area contributed by atoms with Crippen molar-refractivity contribution in [1.82, 2.24) is 25.2 Å². The second-order valence-corrected chi connectivity index (χ2v) is 11.7. The van der Waals surface area contributed by atoms with Gasteiger partial charge in [-0.05, 0) is 74.7 Å². The molecule has 2 heterocycles. The minimum Gasteiger partial charge on any atom is -0.494 e. The van der Waals surface area contributed by atoms with E-state index in [1.165, 1.54) is 0 Å². The number of aliphatic hydroxyl groups excluding tert-OH is 1. The van der Waals surface area contributed by atoms with Crippen LogP contribution in [-0.4, -0.2) is 98.3 Å². The number of ether oxygens (including phenoxy) is 2. The van der Waals surface area contributed by atoms with Crippen LogP contribution in [0.1, 0.15) is 67.1 Å². The Morgan fingerprint density at radius 3 is 2.33 bits per heavy atom. The number of hydrogen-bond donors (Lipinski definition) is 7. The summed E-state index contributed by atoms with van der Waals surface area (Å²) >= 11 is 0. The van der Waals surface area contributed by atoms with Gasteiger partial charge in [0, 0.05) is 90.1 Å². The van der Waals surface area contributed by atoms with E-state index < -0.39 is 0 Å². The fourth-order valence-corrected chi connectivity index (χ4v) is 5.00. The average Bonchev–Trinajstić information content (AvgIpc) is 3.73. The van der Waals surface area contributed by atoms with Crippen molar-refractivity contribution >= 4 is 41.0 Å². The summed E-state index contributed by atoms with van der Waals surface area (Å²) < 4.78 is 12.2. The number of aromatic nitrogens is 3. The van der Waals surface area contributed by atoms with Crippen LogP contribution >= 0.6 is 0 Å². The molecule has 15 nitrogen and oxygen atoms in total. The van der Waals surface area contributed by atoms with Crippen LogP contribution in [0.5, 0.6) is 5.75 Å². The molecule has 0 aliphatic carbocycles. The molecule has 0 aliphatic heterocycles. The van der Waals surface area contributed by atoms with E-state index in [0.29, 0.717) is 63.2 Å². The van der Waals surface area contributed by atoms with Crippen LogP contribution in [0, 0.1) is 13.8 Å². The smallest absolute Gasteiger partial charge is 0.220 e. The van der Waals surface area contributed by atoms with Gasteiger partial charge in [-0.25, -0.2) is 4.98 Å². The molecule has 0 spiro atoms. The van der Waals surface area contributed by atoms with Crippen LogP contribution in [0.15, 0.2) is 53.7 Å². The Bertz CT molecular complexity index is 1690. The Kier molecular flexibility index (Phi) is 27.5. The summed E-state index contributed by atoms with van der Waals surface area (Å²) in [5, 5.41) is 19.7. The number of amides is 1. The van der Waals surface area contributed by atoms with E-state index in [1.54, 1.807) is 36.3 Å². The highest BCUT2D eigenvalue weighted by Gasteiger charge is 2.12. The SMILES string of the molecule is CC.CCCOC.CNCC(C=O)Nc1c(C)cc(OCCCC(=O)NCCN)cc1C.CO.Cn1cc(C=O)c(=O)c2ccc(CNc3ncc[nH]3)cc21. The van der Waals surface area contributed by atoms with E-state index in [-0.39, 0.29) is 22.9 Å². The second-order valence-electron chi connectivity index (χ2n) is 11.7. The molecule has 8 N–H and O–H groups in total. The highest BCUT2D eigenvalue weighted by molar-refractivity contribution is 5.86. The minimum absolute atomic E-state index is 0.00889. The molecule has 1 atom stereocenters. The molecule has 55 heavy (non-hydrogen) atoms. The number of fused-ring (bicyclic) bond motifs is 1. The normalized spacial score (nSPS) is 10.4. The van der Waals surface area contributed by atoms with Gasteiger partial charge in [0.05, 0.1) is 23.7 Å². The Balaban J connectivity index is 0.000000879. The van der Waals surface area contributed by atoms with Crippen LogP contribution in [0.4, 0.5) is 11.6 Å². The molecule has 1 amide bonds. The van der Waals surface area contributed by atoms with Crippen LogP contribution in [0.3, 0.4) is 0 Å². The van der Waals surface area contributed by atoms with Gasteiger partial charge in [0.1, 0.15) is 12.0 Å². The third-order valence-electron chi connectivity index (χ3n) is 7.48. The van der Waals surface area contributed by atoms with Gasteiger partial charge in [-0.3, -0.25) is 14.4 Å². The minimum atomic E-state index is -0.277. The van der Waals surface area contributed by atoms with Gasteiger partial charge in [-0.2, -0.15) is 0 Å². The molecule has 306 valence electrons. The maximum atomic E-state index is 12.1. The third kappa shape index (κ3) is 18.7. The van der Waals surface area contributed by atoms with Gasteiger partial charge in [0.15, 0.2) is 17.7 Å². The molecule has 1 unspecified atom stereocenters. The lowest BCUT2D eigenvalue weighted by atomic mass is 10.1. The van der Waals surface area contributed by atoms with E-state index in [2.05, 4.69) is 38.2 Å². The molecule has 2 aromatic carbocycles. The van der Waals surface area contributed by atoms with Gasteiger partial charge in [0.2, 0.25) is 5.91 Å². The number of aryl methyl sites for hydroxylation is 3. The molecule has 4 rings (SSSR count). The predicted octanol–water partition coefficient (Wildman–Crippen LogP) is 4.10. The quantitative estimate of drug-likeness (QED) is 0.0563. The van der Waals surface area contributed by atoms with Crippen molar-refractivity contribution in [2.75, 3.05) is 64.7 Å². The van der Waals surface area contributed by atoms with E-state index in [9.17, 15) is 19.2 Å². The maximum absolute atomic E-state index is 12.1. The van der Waals surface area contributed by atoms with E-state index in [0.717, 1.165) is 60.1 Å². The van der Waals surface area contributed by atoms with Crippen molar-refractivity contribution in [2.24, 2.45) is 12.8 Å². The Morgan fingerprint density at radius 1 is 1.11 bits per heavy atom. The lowest BCUT2D eigenvalue weighted by molar-refractivity contribution is -0.121. The molecular formula is C40H64N8O7. The number of aromatic amines is 1. The molecule has 2 aromatic heterocycles. The summed E-state index contributed by atoms with van der Waals surface area (Å²) in [5.74, 6) is 1.45. The summed E-state index contributed by atoms with van der Waals surface area (Å²) in [6, 6.07) is 9.15. The first-order valence-corrected chi connectivity index (χ1v) is 18.4. The summed E-state index contributed by atoms with van der Waals surface area (Å²) in [6.07, 6.45) is 8.65. The van der Waals surface area contributed by atoms with Crippen LogP contribution in [0.2, 0.25) is 0 Å². The first kappa shape index (κ1) is 49.9. The number of rotatable bonds is 18. The number of methoxy groups -OCH3 is 1. The highest BCUT2D eigenvalue weighted by atomic mass is 16.5. The average molecular weight is 769 g/mol. The summed E-state index contributed by atoms with van der Waals surface area (Å²) in [5.41, 5.74) is 10.1.